The largest absolute Gasteiger partial charge is 0.507 e. The first-order valence-electron chi connectivity index (χ1n) is 12.0. The lowest BCUT2D eigenvalue weighted by Gasteiger charge is -2.20. The molecule has 0 saturated heterocycles. The van der Waals surface area contributed by atoms with Crippen molar-refractivity contribution in [3.63, 3.8) is 0 Å². The molecule has 2 N–H and O–H groups in total. The normalized spacial score (nSPS) is 11.4. The van der Waals surface area contributed by atoms with Crippen molar-refractivity contribution in [1.82, 2.24) is 0 Å². The number of benzene rings is 5. The Morgan fingerprint density at radius 3 is 2.03 bits per heavy atom. The molecule has 0 aliphatic carbocycles. The second-order valence-electron chi connectivity index (χ2n) is 9.13. The van der Waals surface area contributed by atoms with Crippen LogP contribution in [0.1, 0.15) is 36.1 Å². The van der Waals surface area contributed by atoms with Gasteiger partial charge in [-0.3, -0.25) is 0 Å². The summed E-state index contributed by atoms with van der Waals surface area (Å²) in [6.07, 6.45) is 1.88. The fourth-order valence-electron chi connectivity index (χ4n) is 5.33. The van der Waals surface area contributed by atoms with Gasteiger partial charge in [0.1, 0.15) is 11.5 Å². The SMILES string of the molecule is CCc1ccc2c(-c3c(O)cc(-c4ccccc4)c4c(C)c(CC)ccc34)c(O)cc(C)c2c1. The van der Waals surface area contributed by atoms with Crippen molar-refractivity contribution in [2.24, 2.45) is 0 Å². The van der Waals surface area contributed by atoms with Crippen LogP contribution in [0.15, 0.2) is 72.8 Å². The van der Waals surface area contributed by atoms with E-state index in [4.69, 9.17) is 0 Å². The number of phenolic OH excluding ortho intramolecular Hbond substituents is 2. The van der Waals surface area contributed by atoms with Gasteiger partial charge in [-0.05, 0) is 93.7 Å². The highest BCUT2D eigenvalue weighted by Crippen LogP contribution is 2.49. The van der Waals surface area contributed by atoms with Crippen molar-refractivity contribution in [3.05, 3.63) is 95.1 Å². The van der Waals surface area contributed by atoms with Crippen LogP contribution in [0.5, 0.6) is 11.5 Å². The molecule has 0 saturated carbocycles. The fourth-order valence-corrected chi connectivity index (χ4v) is 5.33. The van der Waals surface area contributed by atoms with Gasteiger partial charge in [-0.15, -0.1) is 0 Å². The van der Waals surface area contributed by atoms with Crippen LogP contribution in [0, 0.1) is 13.8 Å². The molecule has 0 amide bonds. The lowest BCUT2D eigenvalue weighted by molar-refractivity contribution is 0.470. The third-order valence-corrected chi connectivity index (χ3v) is 7.16. The summed E-state index contributed by atoms with van der Waals surface area (Å²) in [7, 11) is 0. The number of phenols is 2. The molecule has 0 radical (unpaired) electrons. The fraction of sp³-hybridized carbons (Fsp3) is 0.188. The molecule has 0 spiro atoms. The smallest absolute Gasteiger partial charge is 0.124 e. The quantitative estimate of drug-likeness (QED) is 0.291. The summed E-state index contributed by atoms with van der Waals surface area (Å²) >= 11 is 0. The van der Waals surface area contributed by atoms with Crippen molar-refractivity contribution >= 4 is 21.5 Å². The van der Waals surface area contributed by atoms with Crippen LogP contribution in [-0.2, 0) is 12.8 Å². The molecular weight excluding hydrogens is 416 g/mol. The van der Waals surface area contributed by atoms with E-state index in [0.717, 1.165) is 51.1 Å². The van der Waals surface area contributed by atoms with Crippen molar-refractivity contribution < 1.29 is 10.2 Å². The van der Waals surface area contributed by atoms with Crippen molar-refractivity contribution in [3.8, 4) is 33.8 Å². The third kappa shape index (κ3) is 3.42. The number of aryl methyl sites for hydroxylation is 4. The summed E-state index contributed by atoms with van der Waals surface area (Å²) < 4.78 is 0. The highest BCUT2D eigenvalue weighted by atomic mass is 16.3. The van der Waals surface area contributed by atoms with E-state index in [1.54, 1.807) is 0 Å². The number of rotatable bonds is 4. The molecule has 0 unspecified atom stereocenters. The van der Waals surface area contributed by atoms with Gasteiger partial charge in [0.2, 0.25) is 0 Å². The van der Waals surface area contributed by atoms with Gasteiger partial charge < -0.3 is 10.2 Å². The van der Waals surface area contributed by atoms with Crippen LogP contribution in [0.2, 0.25) is 0 Å². The maximum Gasteiger partial charge on any atom is 0.124 e. The summed E-state index contributed by atoms with van der Waals surface area (Å²) in [5.41, 5.74) is 8.23. The van der Waals surface area contributed by atoms with Gasteiger partial charge >= 0.3 is 0 Å². The summed E-state index contributed by atoms with van der Waals surface area (Å²) in [4.78, 5) is 0. The van der Waals surface area contributed by atoms with Gasteiger partial charge in [-0.25, -0.2) is 0 Å². The average Bonchev–Trinajstić information content (AvgIpc) is 2.85. The van der Waals surface area contributed by atoms with Gasteiger partial charge in [0.05, 0.1) is 0 Å². The second kappa shape index (κ2) is 8.53. The zero-order chi connectivity index (χ0) is 24.0. The van der Waals surface area contributed by atoms with Crippen LogP contribution in [-0.4, -0.2) is 10.2 Å². The lowest BCUT2D eigenvalue weighted by Crippen LogP contribution is -1.95. The van der Waals surface area contributed by atoms with E-state index in [2.05, 4.69) is 63.2 Å². The zero-order valence-corrected chi connectivity index (χ0v) is 20.2. The Morgan fingerprint density at radius 1 is 0.647 bits per heavy atom. The molecule has 2 heteroatoms. The Bertz CT molecular complexity index is 1550. The van der Waals surface area contributed by atoms with Crippen LogP contribution in [0.3, 0.4) is 0 Å². The molecule has 0 heterocycles. The third-order valence-electron chi connectivity index (χ3n) is 7.16. The van der Waals surface area contributed by atoms with Crippen molar-refractivity contribution in [2.75, 3.05) is 0 Å². The van der Waals surface area contributed by atoms with E-state index in [1.165, 1.54) is 16.7 Å². The molecule has 5 rings (SSSR count). The summed E-state index contributed by atoms with van der Waals surface area (Å²) in [6, 6.07) is 24.6. The first-order chi connectivity index (χ1) is 16.4. The number of hydrogen-bond acceptors (Lipinski definition) is 2. The molecule has 0 aliphatic rings. The minimum atomic E-state index is 0.176. The van der Waals surface area contributed by atoms with E-state index in [9.17, 15) is 10.2 Å². The Balaban J connectivity index is 1.95. The molecule has 2 nitrogen and oxygen atoms in total. The number of aromatic hydroxyl groups is 2. The predicted molar refractivity (Wildman–Crippen MR) is 144 cm³/mol. The van der Waals surface area contributed by atoms with Crippen LogP contribution < -0.4 is 0 Å². The second-order valence-corrected chi connectivity index (χ2v) is 9.13. The van der Waals surface area contributed by atoms with E-state index < -0.39 is 0 Å². The van der Waals surface area contributed by atoms with E-state index >= 15 is 0 Å². The van der Waals surface area contributed by atoms with Gasteiger partial charge in [-0.1, -0.05) is 74.5 Å². The highest BCUT2D eigenvalue weighted by Gasteiger charge is 2.22. The van der Waals surface area contributed by atoms with Gasteiger partial charge in [0, 0.05) is 11.1 Å². The van der Waals surface area contributed by atoms with E-state index in [1.807, 2.05) is 37.3 Å². The summed E-state index contributed by atoms with van der Waals surface area (Å²) in [5, 5.41) is 26.8. The lowest BCUT2D eigenvalue weighted by atomic mass is 9.85. The molecule has 0 atom stereocenters. The van der Waals surface area contributed by atoms with Crippen molar-refractivity contribution in [1.29, 1.82) is 0 Å². The molecule has 0 bridgehead atoms. The minimum absolute atomic E-state index is 0.176. The first kappa shape index (κ1) is 22.0. The summed E-state index contributed by atoms with van der Waals surface area (Å²) in [6.45, 7) is 8.50. The number of hydrogen-bond donors (Lipinski definition) is 2. The van der Waals surface area contributed by atoms with Gasteiger partial charge in [0.25, 0.3) is 0 Å². The highest BCUT2D eigenvalue weighted by molar-refractivity contribution is 6.14. The Kier molecular flexibility index (Phi) is 5.53. The number of fused-ring (bicyclic) bond motifs is 2. The molecule has 5 aromatic rings. The first-order valence-corrected chi connectivity index (χ1v) is 12.0. The zero-order valence-electron chi connectivity index (χ0n) is 20.2. The molecule has 0 fully saturated rings. The molecule has 170 valence electrons. The molecule has 0 aliphatic heterocycles. The van der Waals surface area contributed by atoms with Crippen molar-refractivity contribution in [2.45, 2.75) is 40.5 Å². The molecular formula is C32H30O2. The molecule has 34 heavy (non-hydrogen) atoms. The molecule has 5 aromatic carbocycles. The van der Waals surface area contributed by atoms with Gasteiger partial charge in [0.15, 0.2) is 0 Å². The topological polar surface area (TPSA) is 40.5 Å². The maximum atomic E-state index is 11.5. The van der Waals surface area contributed by atoms with Crippen LogP contribution >= 0.6 is 0 Å². The van der Waals surface area contributed by atoms with Crippen LogP contribution in [0.4, 0.5) is 0 Å². The maximum absolute atomic E-state index is 11.5. The Hall–Kier alpha value is -3.78. The average molecular weight is 447 g/mol. The van der Waals surface area contributed by atoms with Crippen LogP contribution in [0.25, 0.3) is 43.8 Å². The Morgan fingerprint density at radius 2 is 1.32 bits per heavy atom. The molecule has 0 aromatic heterocycles. The van der Waals surface area contributed by atoms with Gasteiger partial charge in [-0.2, -0.15) is 0 Å². The Labute approximate surface area is 201 Å². The van der Waals surface area contributed by atoms with E-state index in [-0.39, 0.29) is 11.5 Å². The monoisotopic (exact) mass is 446 g/mol. The standard InChI is InChI=1S/C32H30O2/c1-5-21-12-14-24-26(17-21)19(3)16-28(33)31(24)32-25-15-13-22(6-2)20(4)30(25)27(18-29(32)34)23-10-8-7-9-11-23/h7-18,33-34H,5-6H2,1-4H3. The minimum Gasteiger partial charge on any atom is -0.507 e. The predicted octanol–water partition coefficient (Wildman–Crippen LogP) is 8.48. The van der Waals surface area contributed by atoms with E-state index in [0.29, 0.717) is 11.1 Å². The summed E-state index contributed by atoms with van der Waals surface area (Å²) in [5.74, 6) is 0.366.